The van der Waals surface area contributed by atoms with Crippen molar-refractivity contribution in [2.45, 2.75) is 32.0 Å². The van der Waals surface area contributed by atoms with E-state index in [-0.39, 0.29) is 37.6 Å². The van der Waals surface area contributed by atoms with Gasteiger partial charge in [-0.2, -0.15) is 0 Å². The Morgan fingerprint density at radius 1 is 1.35 bits per heavy atom. The second-order valence-corrected chi connectivity index (χ2v) is 7.65. The number of ether oxygens (including phenoxy) is 1. The van der Waals surface area contributed by atoms with Crippen molar-refractivity contribution in [3.8, 4) is 5.75 Å². The van der Waals surface area contributed by atoms with Crippen molar-refractivity contribution in [2.24, 2.45) is 0 Å². The molecule has 1 aliphatic rings. The van der Waals surface area contributed by atoms with E-state index in [4.69, 9.17) is 9.84 Å². The van der Waals surface area contributed by atoms with Crippen molar-refractivity contribution in [1.82, 2.24) is 0 Å². The summed E-state index contributed by atoms with van der Waals surface area (Å²) < 4.78 is 28.3. The lowest BCUT2D eigenvalue weighted by atomic mass is 9.98. The van der Waals surface area contributed by atoms with Crippen LogP contribution in [0, 0.1) is 13.0 Å². The van der Waals surface area contributed by atoms with Crippen molar-refractivity contribution in [1.29, 1.82) is 0 Å². The van der Waals surface area contributed by atoms with Gasteiger partial charge in [0, 0.05) is 0 Å². The highest BCUT2D eigenvalue weighted by Gasteiger charge is 2.36. The molecule has 1 aromatic rings. The summed E-state index contributed by atoms with van der Waals surface area (Å²) in [7, 11) is -3.01. The highest BCUT2D eigenvalue weighted by molar-refractivity contribution is 7.91. The molecule has 111 valence electrons. The standard InChI is InChI=1S/C14H19O5S/c1-11-6-12(9-15)8-13(7-11)19-10-14(16)2-4-20(17,18)5-3-14/h7-8,15-16H,2-5,9-10H2,1H3. The van der Waals surface area contributed by atoms with Crippen LogP contribution >= 0.6 is 0 Å². The maximum Gasteiger partial charge on any atom is 0.150 e. The summed E-state index contributed by atoms with van der Waals surface area (Å²) in [4.78, 5) is 0. The first-order chi connectivity index (χ1) is 9.32. The molecule has 20 heavy (non-hydrogen) atoms. The molecular weight excluding hydrogens is 280 g/mol. The lowest BCUT2D eigenvalue weighted by Crippen LogP contribution is -2.43. The minimum Gasteiger partial charge on any atom is -0.491 e. The van der Waals surface area contributed by atoms with E-state index < -0.39 is 15.4 Å². The zero-order chi connectivity index (χ0) is 14.8. The molecule has 0 bridgehead atoms. The molecule has 1 heterocycles. The fraction of sp³-hybridized carbons (Fsp3) is 0.571. The maximum absolute atomic E-state index is 11.4. The van der Waals surface area contributed by atoms with Crippen molar-refractivity contribution in [3.63, 3.8) is 0 Å². The monoisotopic (exact) mass is 299 g/mol. The molecule has 1 radical (unpaired) electrons. The fourth-order valence-electron chi connectivity index (χ4n) is 2.20. The second kappa shape index (κ2) is 5.71. The van der Waals surface area contributed by atoms with Crippen molar-refractivity contribution in [2.75, 3.05) is 18.1 Å². The average Bonchev–Trinajstić information content (AvgIpc) is 2.40. The Kier molecular flexibility index (Phi) is 4.36. The molecule has 0 unspecified atom stereocenters. The highest BCUT2D eigenvalue weighted by Crippen LogP contribution is 2.25. The number of sulfone groups is 1. The first-order valence-corrected chi connectivity index (χ1v) is 8.33. The lowest BCUT2D eigenvalue weighted by Gasteiger charge is -2.31. The summed E-state index contributed by atoms with van der Waals surface area (Å²) in [6.45, 7) is 1.77. The Morgan fingerprint density at radius 3 is 2.60 bits per heavy atom. The third-order valence-electron chi connectivity index (χ3n) is 3.47. The Morgan fingerprint density at radius 2 is 2.00 bits per heavy atom. The number of aliphatic hydroxyl groups is 2. The molecule has 0 atom stereocenters. The molecule has 1 fully saturated rings. The zero-order valence-electron chi connectivity index (χ0n) is 11.4. The molecule has 2 N–H and O–H groups in total. The largest absolute Gasteiger partial charge is 0.491 e. The van der Waals surface area contributed by atoms with Crippen LogP contribution < -0.4 is 4.74 Å². The number of hydrogen-bond donors (Lipinski definition) is 2. The Bertz CT molecular complexity index is 565. The Labute approximate surface area is 119 Å². The summed E-state index contributed by atoms with van der Waals surface area (Å²) >= 11 is 0. The molecule has 0 saturated carbocycles. The van der Waals surface area contributed by atoms with Crippen molar-refractivity contribution in [3.05, 3.63) is 29.3 Å². The van der Waals surface area contributed by atoms with Gasteiger partial charge in [-0.15, -0.1) is 0 Å². The molecule has 0 amide bonds. The van der Waals surface area contributed by atoms with Gasteiger partial charge in [0.2, 0.25) is 0 Å². The molecule has 5 nitrogen and oxygen atoms in total. The fourth-order valence-corrected chi connectivity index (χ4v) is 3.79. The van der Waals surface area contributed by atoms with Gasteiger partial charge in [0.05, 0.1) is 18.1 Å². The van der Waals surface area contributed by atoms with E-state index in [1.807, 2.05) is 6.92 Å². The highest BCUT2D eigenvalue weighted by atomic mass is 32.2. The normalized spacial score (nSPS) is 20.6. The number of benzene rings is 1. The number of rotatable bonds is 4. The molecule has 1 aromatic carbocycles. The molecule has 0 aliphatic carbocycles. The summed E-state index contributed by atoms with van der Waals surface area (Å²) in [5.74, 6) is 0.541. The van der Waals surface area contributed by atoms with Gasteiger partial charge >= 0.3 is 0 Å². The van der Waals surface area contributed by atoms with Crippen molar-refractivity contribution >= 4 is 9.84 Å². The predicted octanol–water partition coefficient (Wildman–Crippen LogP) is 0.606. The molecule has 1 saturated heterocycles. The smallest absolute Gasteiger partial charge is 0.150 e. The molecule has 2 rings (SSSR count). The molecule has 1 aliphatic heterocycles. The average molecular weight is 299 g/mol. The zero-order valence-corrected chi connectivity index (χ0v) is 12.2. The van der Waals surface area contributed by atoms with E-state index in [9.17, 15) is 13.5 Å². The molecule has 6 heteroatoms. The number of aliphatic hydroxyl groups excluding tert-OH is 1. The number of aryl methyl sites for hydroxylation is 1. The minimum atomic E-state index is -3.01. The van der Waals surface area contributed by atoms with Crippen LogP contribution in [0.4, 0.5) is 0 Å². The van der Waals surface area contributed by atoms with E-state index in [1.54, 1.807) is 12.1 Å². The second-order valence-electron chi connectivity index (χ2n) is 5.35. The van der Waals surface area contributed by atoms with Gasteiger partial charge in [-0.3, -0.25) is 0 Å². The van der Waals surface area contributed by atoms with Gasteiger partial charge in [-0.1, -0.05) is 0 Å². The first kappa shape index (κ1) is 15.3. The number of hydrogen-bond acceptors (Lipinski definition) is 5. The van der Waals surface area contributed by atoms with Gasteiger partial charge < -0.3 is 14.9 Å². The van der Waals surface area contributed by atoms with Crippen LogP contribution in [0.3, 0.4) is 0 Å². The molecule has 0 aromatic heterocycles. The van der Waals surface area contributed by atoms with Crippen LogP contribution in [0.25, 0.3) is 0 Å². The minimum absolute atomic E-state index is 0.00363. The van der Waals surface area contributed by atoms with Crippen molar-refractivity contribution < 1.29 is 23.4 Å². The van der Waals surface area contributed by atoms with E-state index in [1.165, 1.54) is 0 Å². The third kappa shape index (κ3) is 3.94. The summed E-state index contributed by atoms with van der Waals surface area (Å²) in [5.41, 5.74) is 0.362. The first-order valence-electron chi connectivity index (χ1n) is 6.51. The summed E-state index contributed by atoms with van der Waals surface area (Å²) in [6, 6.07) is 6.41. The van der Waals surface area contributed by atoms with E-state index in [2.05, 4.69) is 6.07 Å². The Hall–Kier alpha value is -1.11. The van der Waals surface area contributed by atoms with Crippen LogP contribution in [0.2, 0.25) is 0 Å². The maximum atomic E-state index is 11.4. The van der Waals surface area contributed by atoms with Gasteiger partial charge in [-0.05, 0) is 49.1 Å². The van der Waals surface area contributed by atoms with Crippen LogP contribution in [-0.4, -0.2) is 42.3 Å². The van der Waals surface area contributed by atoms with E-state index in [0.29, 0.717) is 11.3 Å². The summed E-state index contributed by atoms with van der Waals surface area (Å²) in [6.07, 6.45) is 0.389. The Balaban J connectivity index is 2.00. The topological polar surface area (TPSA) is 83.8 Å². The van der Waals surface area contributed by atoms with Crippen LogP contribution in [0.1, 0.15) is 24.0 Å². The van der Waals surface area contributed by atoms with Crippen LogP contribution in [0.5, 0.6) is 5.75 Å². The van der Waals surface area contributed by atoms with Gasteiger partial charge in [0.25, 0.3) is 0 Å². The SMILES string of the molecule is Cc1[c]c(CO)cc(OCC2(O)CCS(=O)(=O)CC2)c1. The third-order valence-corrected chi connectivity index (χ3v) is 5.12. The lowest BCUT2D eigenvalue weighted by molar-refractivity contribution is -0.0129. The van der Waals surface area contributed by atoms with Gasteiger partial charge in [-0.25, -0.2) is 8.42 Å². The van der Waals surface area contributed by atoms with Gasteiger partial charge in [0.1, 0.15) is 18.0 Å². The van der Waals surface area contributed by atoms with Crippen LogP contribution in [0.15, 0.2) is 12.1 Å². The molecular formula is C14H19O5S. The van der Waals surface area contributed by atoms with Gasteiger partial charge in [0.15, 0.2) is 9.84 Å². The predicted molar refractivity (Wildman–Crippen MR) is 74.3 cm³/mol. The van der Waals surface area contributed by atoms with E-state index in [0.717, 1.165) is 5.56 Å². The van der Waals surface area contributed by atoms with Crippen LogP contribution in [-0.2, 0) is 16.4 Å². The summed E-state index contributed by atoms with van der Waals surface area (Å²) in [5, 5.41) is 19.4. The molecule has 0 spiro atoms. The quantitative estimate of drug-likeness (QED) is 0.851. The van der Waals surface area contributed by atoms with E-state index >= 15 is 0 Å².